The van der Waals surface area contributed by atoms with E-state index >= 15 is 0 Å². The Morgan fingerprint density at radius 3 is 2.50 bits per heavy atom. The molecule has 1 spiro atoms. The highest BCUT2D eigenvalue weighted by molar-refractivity contribution is 6.07. The van der Waals surface area contributed by atoms with Gasteiger partial charge in [-0.05, 0) is 50.0 Å². The van der Waals surface area contributed by atoms with E-state index in [0.29, 0.717) is 19.0 Å². The third-order valence-electron chi connectivity index (χ3n) is 4.94. The molecule has 0 aromatic rings. The number of amides is 3. The highest BCUT2D eigenvalue weighted by atomic mass is 16.2. The Bertz CT molecular complexity index is 398. The van der Waals surface area contributed by atoms with Gasteiger partial charge >= 0.3 is 6.03 Å². The highest BCUT2D eigenvalue weighted by Crippen LogP contribution is 2.36. The van der Waals surface area contributed by atoms with Crippen molar-refractivity contribution < 1.29 is 9.59 Å². The Hall–Kier alpha value is -1.10. The molecule has 2 fully saturated rings. The molecule has 0 bridgehead atoms. The van der Waals surface area contributed by atoms with Gasteiger partial charge in [-0.15, -0.1) is 0 Å². The van der Waals surface area contributed by atoms with E-state index in [4.69, 9.17) is 5.73 Å². The van der Waals surface area contributed by atoms with E-state index in [1.807, 2.05) is 0 Å². The quantitative estimate of drug-likeness (QED) is 0.772. The largest absolute Gasteiger partial charge is 0.330 e. The molecule has 0 atom stereocenters. The van der Waals surface area contributed by atoms with Crippen molar-refractivity contribution in [2.24, 2.45) is 17.1 Å². The predicted molar refractivity (Wildman–Crippen MR) is 78.1 cm³/mol. The molecule has 5 heteroatoms. The number of rotatable bonds is 4. The summed E-state index contributed by atoms with van der Waals surface area (Å²) in [4.78, 5) is 26.1. The van der Waals surface area contributed by atoms with E-state index < -0.39 is 5.54 Å². The van der Waals surface area contributed by atoms with E-state index in [2.05, 4.69) is 26.1 Å². The first-order chi connectivity index (χ1) is 9.30. The van der Waals surface area contributed by atoms with Crippen LogP contribution in [0.1, 0.15) is 52.9 Å². The number of hydrogen-bond donors (Lipinski definition) is 2. The molecule has 1 heterocycles. The molecular formula is C15H27N3O2. The van der Waals surface area contributed by atoms with Crippen molar-refractivity contribution in [1.82, 2.24) is 10.2 Å². The first-order valence-corrected chi connectivity index (χ1v) is 7.64. The lowest BCUT2D eigenvalue weighted by molar-refractivity contribution is -0.132. The van der Waals surface area contributed by atoms with E-state index in [0.717, 1.165) is 32.1 Å². The van der Waals surface area contributed by atoms with Gasteiger partial charge in [-0.2, -0.15) is 0 Å². The number of urea groups is 1. The molecule has 3 N–H and O–H groups in total. The zero-order valence-corrected chi connectivity index (χ0v) is 12.9. The third-order valence-corrected chi connectivity index (χ3v) is 4.94. The number of carbonyl (C=O) groups is 2. The number of nitrogens with zero attached hydrogens (tertiary/aromatic N) is 1. The van der Waals surface area contributed by atoms with E-state index in [1.54, 1.807) is 0 Å². The molecule has 5 nitrogen and oxygen atoms in total. The predicted octanol–water partition coefficient (Wildman–Crippen LogP) is 1.86. The summed E-state index contributed by atoms with van der Waals surface area (Å²) in [6.07, 6.45) is 4.31. The van der Waals surface area contributed by atoms with E-state index in [1.165, 1.54) is 4.90 Å². The molecule has 2 aliphatic rings. The zero-order chi connectivity index (χ0) is 15.0. The monoisotopic (exact) mass is 281 g/mol. The first-order valence-electron chi connectivity index (χ1n) is 7.64. The minimum absolute atomic E-state index is 0.0257. The molecule has 1 saturated carbocycles. The lowest BCUT2D eigenvalue weighted by Crippen LogP contribution is -2.49. The fourth-order valence-corrected chi connectivity index (χ4v) is 2.99. The second-order valence-electron chi connectivity index (χ2n) is 7.27. The summed E-state index contributed by atoms with van der Waals surface area (Å²) in [5.74, 6) is 0.623. The Labute approximate surface area is 121 Å². The molecule has 114 valence electrons. The van der Waals surface area contributed by atoms with Crippen LogP contribution in [0.25, 0.3) is 0 Å². The minimum atomic E-state index is -0.615. The smallest absolute Gasteiger partial charge is 0.325 e. The van der Waals surface area contributed by atoms with Gasteiger partial charge < -0.3 is 11.1 Å². The number of hydrogen-bond acceptors (Lipinski definition) is 3. The van der Waals surface area contributed by atoms with Crippen LogP contribution in [0.3, 0.4) is 0 Å². The second-order valence-corrected chi connectivity index (χ2v) is 7.27. The van der Waals surface area contributed by atoms with Crippen LogP contribution in [0.2, 0.25) is 0 Å². The number of nitrogens with one attached hydrogen (secondary N) is 1. The SMILES string of the molecule is CC1CCC2(CC1)NC(=O)N(CCC(C)(C)CN)C2=O. The van der Waals surface area contributed by atoms with Gasteiger partial charge in [0, 0.05) is 6.54 Å². The van der Waals surface area contributed by atoms with Crippen LogP contribution in [-0.2, 0) is 4.79 Å². The molecule has 1 aliphatic heterocycles. The van der Waals surface area contributed by atoms with Gasteiger partial charge in [-0.25, -0.2) is 4.79 Å². The average molecular weight is 281 g/mol. The molecule has 0 unspecified atom stereocenters. The Morgan fingerprint density at radius 2 is 1.95 bits per heavy atom. The van der Waals surface area contributed by atoms with Gasteiger partial charge in [0.05, 0.1) is 0 Å². The maximum atomic E-state index is 12.6. The first kappa shape index (κ1) is 15.3. The minimum Gasteiger partial charge on any atom is -0.330 e. The van der Waals surface area contributed by atoms with Gasteiger partial charge in [0.1, 0.15) is 5.54 Å². The van der Waals surface area contributed by atoms with Crippen molar-refractivity contribution in [1.29, 1.82) is 0 Å². The molecule has 2 rings (SSSR count). The fourth-order valence-electron chi connectivity index (χ4n) is 2.99. The van der Waals surface area contributed by atoms with E-state index in [-0.39, 0.29) is 17.4 Å². The lowest BCUT2D eigenvalue weighted by atomic mass is 9.77. The van der Waals surface area contributed by atoms with Gasteiger partial charge in [0.2, 0.25) is 0 Å². The topological polar surface area (TPSA) is 75.4 Å². The van der Waals surface area contributed by atoms with Crippen LogP contribution in [-0.4, -0.2) is 35.5 Å². The number of nitrogens with two attached hydrogens (primary N) is 1. The van der Waals surface area contributed by atoms with Gasteiger partial charge in [0.25, 0.3) is 5.91 Å². The highest BCUT2D eigenvalue weighted by Gasteiger charge is 2.51. The molecular weight excluding hydrogens is 254 g/mol. The van der Waals surface area contributed by atoms with Crippen molar-refractivity contribution in [3.63, 3.8) is 0 Å². The summed E-state index contributed by atoms with van der Waals surface area (Å²) in [5.41, 5.74) is 5.05. The summed E-state index contributed by atoms with van der Waals surface area (Å²) in [7, 11) is 0. The Balaban J connectivity index is 2.02. The molecule has 1 saturated heterocycles. The van der Waals surface area contributed by atoms with Gasteiger partial charge in [0.15, 0.2) is 0 Å². The van der Waals surface area contributed by atoms with Crippen LogP contribution in [0, 0.1) is 11.3 Å². The van der Waals surface area contributed by atoms with Crippen LogP contribution in [0.5, 0.6) is 0 Å². The lowest BCUT2D eigenvalue weighted by Gasteiger charge is -2.33. The van der Waals surface area contributed by atoms with Gasteiger partial charge in [-0.1, -0.05) is 20.8 Å². The normalized spacial score (nSPS) is 31.0. The molecule has 20 heavy (non-hydrogen) atoms. The number of imide groups is 1. The third kappa shape index (κ3) is 2.82. The summed E-state index contributed by atoms with van der Waals surface area (Å²) in [6, 6.07) is -0.225. The van der Waals surface area contributed by atoms with Crippen LogP contribution in [0.15, 0.2) is 0 Å². The van der Waals surface area contributed by atoms with Crippen molar-refractivity contribution in [3.8, 4) is 0 Å². The Kier molecular flexibility index (Phi) is 4.09. The van der Waals surface area contributed by atoms with Crippen molar-refractivity contribution >= 4 is 11.9 Å². The Morgan fingerprint density at radius 1 is 1.35 bits per heavy atom. The average Bonchev–Trinajstić information content (AvgIpc) is 2.63. The standard InChI is InChI=1S/C15H27N3O2/c1-11-4-6-15(7-5-11)12(19)18(13(20)17-15)9-8-14(2,3)10-16/h11H,4-10,16H2,1-3H3,(H,17,20). The summed E-state index contributed by atoms with van der Waals surface area (Å²) in [6.45, 7) is 7.34. The van der Waals surface area contributed by atoms with Crippen LogP contribution in [0.4, 0.5) is 4.79 Å². The summed E-state index contributed by atoms with van der Waals surface area (Å²) >= 11 is 0. The van der Waals surface area contributed by atoms with Crippen molar-refractivity contribution in [2.45, 2.75) is 58.4 Å². The molecule has 3 amide bonds. The molecule has 0 aromatic carbocycles. The summed E-state index contributed by atoms with van der Waals surface area (Å²) < 4.78 is 0. The second kappa shape index (κ2) is 5.35. The van der Waals surface area contributed by atoms with Crippen molar-refractivity contribution in [2.75, 3.05) is 13.1 Å². The zero-order valence-electron chi connectivity index (χ0n) is 12.9. The molecule has 0 radical (unpaired) electrons. The molecule has 0 aromatic heterocycles. The van der Waals surface area contributed by atoms with Crippen molar-refractivity contribution in [3.05, 3.63) is 0 Å². The fraction of sp³-hybridized carbons (Fsp3) is 0.867. The molecule has 1 aliphatic carbocycles. The summed E-state index contributed by atoms with van der Waals surface area (Å²) in [5, 5.41) is 2.95. The maximum absolute atomic E-state index is 12.6. The van der Waals surface area contributed by atoms with Crippen LogP contribution < -0.4 is 11.1 Å². The maximum Gasteiger partial charge on any atom is 0.325 e. The van der Waals surface area contributed by atoms with Gasteiger partial charge in [-0.3, -0.25) is 9.69 Å². The number of carbonyl (C=O) groups excluding carboxylic acids is 2. The van der Waals surface area contributed by atoms with Crippen LogP contribution >= 0.6 is 0 Å². The van der Waals surface area contributed by atoms with E-state index in [9.17, 15) is 9.59 Å².